The second-order valence-corrected chi connectivity index (χ2v) is 4.72. The molecule has 2 N–H and O–H groups in total. The van der Waals surface area contributed by atoms with Crippen LogP contribution in [-0.4, -0.2) is 11.1 Å². The second kappa shape index (κ2) is 4.23. The lowest BCUT2D eigenvalue weighted by molar-refractivity contribution is 0.225. The molecular formula is C13H19NO. The Bertz CT molecular complexity index is 331. The maximum atomic E-state index is 9.70. The smallest absolute Gasteiger partial charge is 0.120 e. The van der Waals surface area contributed by atoms with E-state index in [1.165, 1.54) is 12.8 Å². The highest BCUT2D eigenvalue weighted by molar-refractivity contribution is 5.34. The molecule has 2 rings (SSSR count). The Morgan fingerprint density at radius 2 is 2.00 bits per heavy atom. The lowest BCUT2D eigenvalue weighted by Gasteiger charge is -2.35. The molecule has 0 heterocycles. The predicted octanol–water partition coefficient (Wildman–Crippen LogP) is 2.84. The topological polar surface area (TPSA) is 32.3 Å². The number of hydrogen-bond donors (Lipinski definition) is 2. The predicted molar refractivity (Wildman–Crippen MR) is 61.8 cm³/mol. The van der Waals surface area contributed by atoms with E-state index in [1.54, 1.807) is 6.07 Å². The van der Waals surface area contributed by atoms with Gasteiger partial charge in [0.2, 0.25) is 0 Å². The third kappa shape index (κ3) is 2.32. The summed E-state index contributed by atoms with van der Waals surface area (Å²) in [6.07, 6.45) is 2.52. The van der Waals surface area contributed by atoms with E-state index in [0.29, 0.717) is 11.8 Å². The Morgan fingerprint density at radius 1 is 1.33 bits per heavy atom. The van der Waals surface area contributed by atoms with Crippen molar-refractivity contribution in [2.24, 2.45) is 5.92 Å². The van der Waals surface area contributed by atoms with Crippen LogP contribution >= 0.6 is 0 Å². The number of aromatic hydroxyl groups is 1. The molecule has 1 aromatic rings. The molecule has 1 aliphatic carbocycles. The van der Waals surface area contributed by atoms with Gasteiger partial charge in [0.25, 0.3) is 0 Å². The van der Waals surface area contributed by atoms with E-state index >= 15 is 0 Å². The molecule has 82 valence electrons. The highest BCUT2D eigenvalue weighted by Crippen LogP contribution is 2.30. The van der Waals surface area contributed by atoms with Crippen molar-refractivity contribution >= 4 is 0 Å². The third-order valence-corrected chi connectivity index (χ3v) is 3.26. The maximum absolute atomic E-state index is 9.70. The average molecular weight is 205 g/mol. The van der Waals surface area contributed by atoms with Crippen molar-refractivity contribution in [3.05, 3.63) is 29.8 Å². The lowest BCUT2D eigenvalue weighted by Crippen LogP contribution is -2.41. The summed E-state index contributed by atoms with van der Waals surface area (Å²) in [6, 6.07) is 8.43. The van der Waals surface area contributed by atoms with E-state index in [4.69, 9.17) is 0 Å². The Labute approximate surface area is 91.3 Å². The fourth-order valence-electron chi connectivity index (χ4n) is 2.34. The number of phenols is 1. The van der Waals surface area contributed by atoms with Crippen LogP contribution in [0.1, 0.15) is 38.3 Å². The number of rotatable bonds is 3. The SMILES string of the molecule is CC1CC(NC(C)c2ccccc2O)C1. The van der Waals surface area contributed by atoms with Crippen LogP contribution in [-0.2, 0) is 0 Å². The molecule has 1 aromatic carbocycles. The van der Waals surface area contributed by atoms with Crippen molar-refractivity contribution in [1.82, 2.24) is 5.32 Å². The normalized spacial score (nSPS) is 27.1. The zero-order chi connectivity index (χ0) is 10.8. The molecule has 15 heavy (non-hydrogen) atoms. The van der Waals surface area contributed by atoms with Crippen molar-refractivity contribution < 1.29 is 5.11 Å². The molecular weight excluding hydrogens is 186 g/mol. The standard InChI is InChI=1S/C13H19NO/c1-9-7-11(8-9)14-10(2)12-5-3-4-6-13(12)15/h3-6,9-11,14-15H,7-8H2,1-2H3. The third-order valence-electron chi connectivity index (χ3n) is 3.26. The van der Waals surface area contributed by atoms with Crippen LogP contribution in [0.25, 0.3) is 0 Å². The van der Waals surface area contributed by atoms with E-state index in [1.807, 2.05) is 18.2 Å². The molecule has 2 heteroatoms. The van der Waals surface area contributed by atoms with Crippen LogP contribution < -0.4 is 5.32 Å². The van der Waals surface area contributed by atoms with E-state index in [-0.39, 0.29) is 6.04 Å². The van der Waals surface area contributed by atoms with Crippen LogP contribution in [0.5, 0.6) is 5.75 Å². The van der Waals surface area contributed by atoms with Gasteiger partial charge in [-0.05, 0) is 31.7 Å². The fraction of sp³-hybridized carbons (Fsp3) is 0.538. The van der Waals surface area contributed by atoms with Crippen LogP contribution in [0.3, 0.4) is 0 Å². The summed E-state index contributed by atoms with van der Waals surface area (Å²) in [5.74, 6) is 1.25. The van der Waals surface area contributed by atoms with Crippen LogP contribution in [0, 0.1) is 5.92 Å². The minimum absolute atomic E-state index is 0.240. The maximum Gasteiger partial charge on any atom is 0.120 e. The summed E-state index contributed by atoms with van der Waals surface area (Å²) in [5.41, 5.74) is 0.997. The molecule has 1 fully saturated rings. The van der Waals surface area contributed by atoms with Gasteiger partial charge in [-0.3, -0.25) is 0 Å². The van der Waals surface area contributed by atoms with E-state index in [9.17, 15) is 5.11 Å². The number of para-hydroxylation sites is 1. The van der Waals surface area contributed by atoms with Crippen LogP contribution in [0.4, 0.5) is 0 Å². The van der Waals surface area contributed by atoms with E-state index in [2.05, 4.69) is 19.2 Å². The van der Waals surface area contributed by atoms with Gasteiger partial charge in [0.05, 0.1) is 0 Å². The number of benzene rings is 1. The first-order valence-electron chi connectivity index (χ1n) is 5.70. The quantitative estimate of drug-likeness (QED) is 0.795. The summed E-state index contributed by atoms with van der Waals surface area (Å²) in [5, 5.41) is 13.2. The van der Waals surface area contributed by atoms with Crippen molar-refractivity contribution in [1.29, 1.82) is 0 Å². The molecule has 0 saturated heterocycles. The molecule has 1 saturated carbocycles. The second-order valence-electron chi connectivity index (χ2n) is 4.72. The molecule has 0 radical (unpaired) electrons. The minimum atomic E-state index is 0.240. The monoisotopic (exact) mass is 205 g/mol. The summed E-state index contributed by atoms with van der Waals surface area (Å²) in [6.45, 7) is 4.39. The highest BCUT2D eigenvalue weighted by Gasteiger charge is 2.26. The van der Waals surface area contributed by atoms with Crippen molar-refractivity contribution in [3.8, 4) is 5.75 Å². The number of hydrogen-bond acceptors (Lipinski definition) is 2. The van der Waals surface area contributed by atoms with Gasteiger partial charge in [-0.1, -0.05) is 25.1 Å². The van der Waals surface area contributed by atoms with Gasteiger partial charge in [-0.15, -0.1) is 0 Å². The van der Waals surface area contributed by atoms with Gasteiger partial charge in [-0.2, -0.15) is 0 Å². The molecule has 1 aliphatic rings. The Hall–Kier alpha value is -1.02. The zero-order valence-corrected chi connectivity index (χ0v) is 9.40. The zero-order valence-electron chi connectivity index (χ0n) is 9.40. The summed E-state index contributed by atoms with van der Waals surface area (Å²) in [7, 11) is 0. The van der Waals surface area contributed by atoms with Crippen molar-refractivity contribution in [2.45, 2.75) is 38.8 Å². The van der Waals surface area contributed by atoms with E-state index < -0.39 is 0 Å². The first-order chi connectivity index (χ1) is 7.16. The first kappa shape index (κ1) is 10.5. The molecule has 0 bridgehead atoms. The Morgan fingerprint density at radius 3 is 2.60 bits per heavy atom. The van der Waals surface area contributed by atoms with Gasteiger partial charge in [0.1, 0.15) is 5.75 Å². The Kier molecular flexibility index (Phi) is 2.96. The van der Waals surface area contributed by atoms with Gasteiger partial charge >= 0.3 is 0 Å². The average Bonchev–Trinajstić information content (AvgIpc) is 2.16. The molecule has 1 atom stereocenters. The first-order valence-corrected chi connectivity index (χ1v) is 5.70. The molecule has 0 aromatic heterocycles. The van der Waals surface area contributed by atoms with Crippen molar-refractivity contribution in [2.75, 3.05) is 0 Å². The largest absolute Gasteiger partial charge is 0.508 e. The van der Waals surface area contributed by atoms with Gasteiger partial charge < -0.3 is 10.4 Å². The number of nitrogens with one attached hydrogen (secondary N) is 1. The molecule has 1 unspecified atom stereocenters. The number of phenolic OH excluding ortho intramolecular Hbond substituents is 1. The van der Waals surface area contributed by atoms with Crippen molar-refractivity contribution in [3.63, 3.8) is 0 Å². The van der Waals surface area contributed by atoms with Gasteiger partial charge in [0.15, 0.2) is 0 Å². The fourth-order valence-corrected chi connectivity index (χ4v) is 2.34. The van der Waals surface area contributed by atoms with Gasteiger partial charge in [-0.25, -0.2) is 0 Å². The summed E-state index contributed by atoms with van der Waals surface area (Å²) < 4.78 is 0. The molecule has 0 spiro atoms. The molecule has 0 amide bonds. The minimum Gasteiger partial charge on any atom is -0.508 e. The Balaban J connectivity index is 1.96. The van der Waals surface area contributed by atoms with Crippen LogP contribution in [0.15, 0.2) is 24.3 Å². The van der Waals surface area contributed by atoms with E-state index in [0.717, 1.165) is 11.5 Å². The van der Waals surface area contributed by atoms with Gasteiger partial charge in [0, 0.05) is 17.6 Å². The highest BCUT2D eigenvalue weighted by atomic mass is 16.3. The summed E-state index contributed by atoms with van der Waals surface area (Å²) in [4.78, 5) is 0. The lowest BCUT2D eigenvalue weighted by atomic mass is 9.81. The van der Waals surface area contributed by atoms with Crippen LogP contribution in [0.2, 0.25) is 0 Å². The molecule has 2 nitrogen and oxygen atoms in total. The summed E-state index contributed by atoms with van der Waals surface area (Å²) >= 11 is 0. The molecule has 0 aliphatic heterocycles.